The number of anilines is 1. The molecule has 0 saturated carbocycles. The van der Waals surface area contributed by atoms with Crippen LogP contribution >= 0.6 is 11.6 Å². The van der Waals surface area contributed by atoms with E-state index in [1.807, 2.05) is 6.07 Å². The molecule has 0 heterocycles. The van der Waals surface area contributed by atoms with Crippen molar-refractivity contribution in [2.24, 2.45) is 0 Å². The summed E-state index contributed by atoms with van der Waals surface area (Å²) in [5.41, 5.74) is 1.18. The predicted octanol–water partition coefficient (Wildman–Crippen LogP) is 4.40. The Hall–Kier alpha value is -2.87. The molecule has 1 atom stereocenters. The molecule has 1 amide bonds. The molecule has 156 valence electrons. The molecule has 0 aliphatic carbocycles. The Labute approximate surface area is 180 Å². The summed E-state index contributed by atoms with van der Waals surface area (Å²) in [6.07, 6.45) is -0.102. The van der Waals surface area contributed by atoms with Crippen molar-refractivity contribution in [3.8, 4) is 5.75 Å². The third-order valence-electron chi connectivity index (χ3n) is 4.39. The van der Waals surface area contributed by atoms with E-state index < -0.39 is 16.1 Å². The number of para-hydroxylation sites is 2. The zero-order chi connectivity index (χ0) is 21.6. The smallest absolute Gasteiger partial charge is 0.241 e. The highest BCUT2D eigenvalue weighted by atomic mass is 35.5. The van der Waals surface area contributed by atoms with Crippen LogP contribution in [0.25, 0.3) is 0 Å². The Bertz CT molecular complexity index is 1100. The van der Waals surface area contributed by atoms with Gasteiger partial charge in [-0.05, 0) is 42.0 Å². The van der Waals surface area contributed by atoms with Crippen LogP contribution in [0.3, 0.4) is 0 Å². The summed E-state index contributed by atoms with van der Waals surface area (Å²) < 4.78 is 33.6. The number of carbonyl (C=O) groups is 1. The number of rotatable bonds is 8. The molecule has 0 aromatic heterocycles. The molecule has 0 aliphatic heterocycles. The Morgan fingerprint density at radius 2 is 1.60 bits per heavy atom. The van der Waals surface area contributed by atoms with Crippen LogP contribution in [0.5, 0.6) is 5.75 Å². The van der Waals surface area contributed by atoms with E-state index in [0.717, 1.165) is 0 Å². The third-order valence-corrected chi connectivity index (χ3v) is 6.13. The van der Waals surface area contributed by atoms with Gasteiger partial charge in [0.1, 0.15) is 5.75 Å². The molecule has 8 heteroatoms. The summed E-state index contributed by atoms with van der Waals surface area (Å²) in [5, 5.41) is 3.21. The zero-order valence-corrected chi connectivity index (χ0v) is 17.8. The average molecular weight is 445 g/mol. The van der Waals surface area contributed by atoms with Crippen molar-refractivity contribution in [2.75, 3.05) is 12.4 Å². The quantitative estimate of drug-likeness (QED) is 0.539. The number of nitrogens with one attached hydrogen (secondary N) is 2. The van der Waals surface area contributed by atoms with E-state index >= 15 is 0 Å². The van der Waals surface area contributed by atoms with E-state index in [1.165, 1.54) is 31.4 Å². The molecule has 1 unspecified atom stereocenters. The Balaban J connectivity index is 1.83. The molecule has 30 heavy (non-hydrogen) atoms. The van der Waals surface area contributed by atoms with Crippen LogP contribution in [0.4, 0.5) is 5.69 Å². The first-order valence-electron chi connectivity index (χ1n) is 9.15. The molecule has 2 N–H and O–H groups in total. The molecule has 0 radical (unpaired) electrons. The van der Waals surface area contributed by atoms with Crippen molar-refractivity contribution in [3.05, 3.63) is 89.4 Å². The van der Waals surface area contributed by atoms with Crippen LogP contribution in [-0.2, 0) is 14.8 Å². The SMILES string of the molecule is COc1ccccc1NC(=O)CC(NS(=O)(=O)c1ccc(Cl)cc1)c1ccccc1. The molecule has 3 aromatic rings. The van der Waals surface area contributed by atoms with Gasteiger partial charge in [0.15, 0.2) is 0 Å². The maximum Gasteiger partial charge on any atom is 0.241 e. The lowest BCUT2D eigenvalue weighted by molar-refractivity contribution is -0.116. The summed E-state index contributed by atoms with van der Waals surface area (Å²) in [6, 6.07) is 21.0. The highest BCUT2D eigenvalue weighted by molar-refractivity contribution is 7.89. The number of carbonyl (C=O) groups excluding carboxylic acids is 1. The topological polar surface area (TPSA) is 84.5 Å². The van der Waals surface area contributed by atoms with Crippen LogP contribution in [0, 0.1) is 0 Å². The molecule has 0 spiro atoms. The summed E-state index contributed by atoms with van der Waals surface area (Å²) in [6.45, 7) is 0. The van der Waals surface area contributed by atoms with Gasteiger partial charge in [-0.25, -0.2) is 13.1 Å². The normalized spacial score (nSPS) is 12.2. The molecule has 3 aromatic carbocycles. The van der Waals surface area contributed by atoms with Crippen molar-refractivity contribution in [1.29, 1.82) is 0 Å². The number of hydrogen-bond acceptors (Lipinski definition) is 4. The van der Waals surface area contributed by atoms with Crippen LogP contribution in [0.1, 0.15) is 18.0 Å². The predicted molar refractivity (Wildman–Crippen MR) is 117 cm³/mol. The Morgan fingerprint density at radius 1 is 0.967 bits per heavy atom. The highest BCUT2D eigenvalue weighted by Gasteiger charge is 2.24. The van der Waals surface area contributed by atoms with Crippen LogP contribution in [-0.4, -0.2) is 21.4 Å². The average Bonchev–Trinajstić information content (AvgIpc) is 2.74. The van der Waals surface area contributed by atoms with E-state index in [-0.39, 0.29) is 17.2 Å². The molecule has 3 rings (SSSR count). The number of sulfonamides is 1. The monoisotopic (exact) mass is 444 g/mol. The van der Waals surface area contributed by atoms with Gasteiger partial charge in [0.2, 0.25) is 15.9 Å². The standard InChI is InChI=1S/C22H21ClN2O4S/c1-29-21-10-6-5-9-19(21)24-22(26)15-20(16-7-3-2-4-8-16)25-30(27,28)18-13-11-17(23)12-14-18/h2-14,20,25H,15H2,1H3,(H,24,26). The maximum atomic E-state index is 12.9. The second-order valence-corrected chi connectivity index (χ2v) is 8.64. The van der Waals surface area contributed by atoms with Gasteiger partial charge < -0.3 is 10.1 Å². The van der Waals surface area contributed by atoms with Crippen LogP contribution in [0.2, 0.25) is 5.02 Å². The lowest BCUT2D eigenvalue weighted by Crippen LogP contribution is -2.31. The number of halogens is 1. The van der Waals surface area contributed by atoms with Gasteiger partial charge >= 0.3 is 0 Å². The number of ether oxygens (including phenoxy) is 1. The molecule has 0 aliphatic rings. The summed E-state index contributed by atoms with van der Waals surface area (Å²) in [4.78, 5) is 12.8. The first kappa shape index (κ1) is 21.8. The number of hydrogen-bond donors (Lipinski definition) is 2. The fourth-order valence-corrected chi connectivity index (χ4v) is 4.27. The summed E-state index contributed by atoms with van der Waals surface area (Å²) >= 11 is 5.86. The van der Waals surface area contributed by atoms with Gasteiger partial charge in [-0.1, -0.05) is 54.1 Å². The summed E-state index contributed by atoms with van der Waals surface area (Å²) in [7, 11) is -2.36. The van der Waals surface area contributed by atoms with Crippen molar-refractivity contribution < 1.29 is 17.9 Å². The van der Waals surface area contributed by atoms with Gasteiger partial charge in [-0.15, -0.1) is 0 Å². The van der Waals surface area contributed by atoms with Crippen molar-refractivity contribution in [2.45, 2.75) is 17.4 Å². The third kappa shape index (κ3) is 5.60. The van der Waals surface area contributed by atoms with E-state index in [2.05, 4.69) is 10.0 Å². The Morgan fingerprint density at radius 3 is 2.27 bits per heavy atom. The molecular formula is C22H21ClN2O4S. The lowest BCUT2D eigenvalue weighted by atomic mass is 10.0. The van der Waals surface area contributed by atoms with Crippen molar-refractivity contribution in [3.63, 3.8) is 0 Å². The van der Waals surface area contributed by atoms with Crippen molar-refractivity contribution >= 4 is 33.2 Å². The molecule has 0 fully saturated rings. The molecule has 0 bridgehead atoms. The molecule has 6 nitrogen and oxygen atoms in total. The van der Waals surface area contributed by atoms with Gasteiger partial charge in [-0.2, -0.15) is 0 Å². The fourth-order valence-electron chi connectivity index (χ4n) is 2.92. The summed E-state index contributed by atoms with van der Waals surface area (Å²) in [5.74, 6) is 0.163. The largest absolute Gasteiger partial charge is 0.495 e. The Kier molecular flexibility index (Phi) is 7.10. The minimum absolute atomic E-state index is 0.0676. The zero-order valence-electron chi connectivity index (χ0n) is 16.2. The van der Waals surface area contributed by atoms with E-state index in [0.29, 0.717) is 22.0 Å². The van der Waals surface area contributed by atoms with Gasteiger partial charge in [0.05, 0.1) is 23.7 Å². The molecular weight excluding hydrogens is 424 g/mol. The number of amides is 1. The number of methoxy groups -OCH3 is 1. The van der Waals surface area contributed by atoms with Gasteiger partial charge in [0, 0.05) is 11.4 Å². The van der Waals surface area contributed by atoms with Gasteiger partial charge in [0.25, 0.3) is 0 Å². The fraction of sp³-hybridized carbons (Fsp3) is 0.136. The first-order valence-corrected chi connectivity index (χ1v) is 11.0. The van der Waals surface area contributed by atoms with E-state index in [4.69, 9.17) is 16.3 Å². The number of benzene rings is 3. The van der Waals surface area contributed by atoms with E-state index in [1.54, 1.807) is 48.5 Å². The minimum Gasteiger partial charge on any atom is -0.495 e. The molecule has 0 saturated heterocycles. The second kappa shape index (κ2) is 9.75. The maximum absolute atomic E-state index is 12.9. The van der Waals surface area contributed by atoms with Crippen molar-refractivity contribution in [1.82, 2.24) is 4.72 Å². The van der Waals surface area contributed by atoms with Crippen LogP contribution < -0.4 is 14.8 Å². The minimum atomic E-state index is -3.87. The van der Waals surface area contributed by atoms with Gasteiger partial charge in [-0.3, -0.25) is 4.79 Å². The second-order valence-electron chi connectivity index (χ2n) is 6.49. The van der Waals surface area contributed by atoms with Crippen LogP contribution in [0.15, 0.2) is 83.8 Å². The first-order chi connectivity index (χ1) is 14.4. The van der Waals surface area contributed by atoms with E-state index in [9.17, 15) is 13.2 Å². The lowest BCUT2D eigenvalue weighted by Gasteiger charge is -2.19. The highest BCUT2D eigenvalue weighted by Crippen LogP contribution is 2.25.